The maximum absolute atomic E-state index is 12.0. The third kappa shape index (κ3) is 8.06. The third-order valence-corrected chi connectivity index (χ3v) is 2.51. The molecule has 0 unspecified atom stereocenters. The monoisotopic (exact) mass is 304 g/mol. The molecule has 0 heterocycles. The van der Waals surface area contributed by atoms with Crippen LogP contribution in [0.25, 0.3) is 0 Å². The fourth-order valence-corrected chi connectivity index (χ4v) is 1.47. The van der Waals surface area contributed by atoms with Crippen molar-refractivity contribution in [1.29, 1.82) is 0 Å². The number of amides is 2. The predicted molar refractivity (Wildman–Crippen MR) is 74.2 cm³/mol. The molecule has 0 aromatic heterocycles. The standard InChI is InChI=1S/C14H19F3N2O2/c1-13(2,3)8-9-18-12(20)19-10-4-6-11(7-5-10)21-14(15,16)17/h4-7H,8-9H2,1-3H3,(H2,18,19,20). The second kappa shape index (κ2) is 6.69. The zero-order valence-electron chi connectivity index (χ0n) is 12.2. The number of benzene rings is 1. The van der Waals surface area contributed by atoms with Gasteiger partial charge in [-0.15, -0.1) is 13.2 Å². The van der Waals surface area contributed by atoms with Crippen LogP contribution in [-0.2, 0) is 0 Å². The van der Waals surface area contributed by atoms with E-state index >= 15 is 0 Å². The van der Waals surface area contributed by atoms with Gasteiger partial charge < -0.3 is 15.4 Å². The highest BCUT2D eigenvalue weighted by molar-refractivity contribution is 5.89. The molecular weight excluding hydrogens is 285 g/mol. The van der Waals surface area contributed by atoms with Crippen LogP contribution in [0.3, 0.4) is 0 Å². The molecule has 0 spiro atoms. The van der Waals surface area contributed by atoms with E-state index in [9.17, 15) is 18.0 Å². The van der Waals surface area contributed by atoms with Gasteiger partial charge >= 0.3 is 12.4 Å². The topological polar surface area (TPSA) is 50.4 Å². The SMILES string of the molecule is CC(C)(C)CCNC(=O)Nc1ccc(OC(F)(F)F)cc1. The lowest BCUT2D eigenvalue weighted by Crippen LogP contribution is -2.31. The molecule has 0 atom stereocenters. The second-order valence-corrected chi connectivity index (χ2v) is 5.76. The van der Waals surface area contributed by atoms with Crippen molar-refractivity contribution in [3.05, 3.63) is 24.3 Å². The van der Waals surface area contributed by atoms with Crippen molar-refractivity contribution in [2.75, 3.05) is 11.9 Å². The minimum absolute atomic E-state index is 0.115. The summed E-state index contributed by atoms with van der Waals surface area (Å²) in [5, 5.41) is 5.21. The van der Waals surface area contributed by atoms with E-state index in [1.165, 1.54) is 12.1 Å². The fourth-order valence-electron chi connectivity index (χ4n) is 1.47. The van der Waals surface area contributed by atoms with Gasteiger partial charge in [0, 0.05) is 12.2 Å². The Morgan fingerprint density at radius 1 is 1.14 bits per heavy atom. The zero-order chi connectivity index (χ0) is 16.1. The highest BCUT2D eigenvalue weighted by atomic mass is 19.4. The summed E-state index contributed by atoms with van der Waals surface area (Å²) >= 11 is 0. The smallest absolute Gasteiger partial charge is 0.406 e. The molecule has 118 valence electrons. The number of halogens is 3. The highest BCUT2D eigenvalue weighted by Gasteiger charge is 2.30. The van der Waals surface area contributed by atoms with Crippen molar-refractivity contribution in [3.8, 4) is 5.75 Å². The molecule has 7 heteroatoms. The summed E-state index contributed by atoms with van der Waals surface area (Å²) in [5.74, 6) is -0.332. The molecule has 2 amide bonds. The number of urea groups is 1. The Kier molecular flexibility index (Phi) is 5.46. The number of anilines is 1. The summed E-state index contributed by atoms with van der Waals surface area (Å²) in [4.78, 5) is 11.6. The lowest BCUT2D eigenvalue weighted by molar-refractivity contribution is -0.274. The molecule has 1 aromatic rings. The average Bonchev–Trinajstić information content (AvgIpc) is 2.28. The number of carbonyl (C=O) groups excluding carboxylic acids is 1. The van der Waals surface area contributed by atoms with Gasteiger partial charge in [0.15, 0.2) is 0 Å². The van der Waals surface area contributed by atoms with E-state index in [1.54, 1.807) is 0 Å². The molecule has 0 fully saturated rings. The minimum atomic E-state index is -4.72. The maximum atomic E-state index is 12.0. The second-order valence-electron chi connectivity index (χ2n) is 5.76. The quantitative estimate of drug-likeness (QED) is 0.878. The number of nitrogens with one attached hydrogen (secondary N) is 2. The van der Waals surface area contributed by atoms with E-state index in [0.29, 0.717) is 12.2 Å². The molecule has 0 saturated heterocycles. The summed E-state index contributed by atoms with van der Waals surface area (Å²) in [6.07, 6.45) is -3.90. The Hall–Kier alpha value is -1.92. The van der Waals surface area contributed by atoms with Crippen LogP contribution in [0.2, 0.25) is 0 Å². The van der Waals surface area contributed by atoms with E-state index < -0.39 is 12.4 Å². The van der Waals surface area contributed by atoms with Gasteiger partial charge in [-0.2, -0.15) is 0 Å². The Labute approximate surface area is 121 Å². The number of hydrogen-bond donors (Lipinski definition) is 2. The first-order valence-corrected chi connectivity index (χ1v) is 6.46. The normalized spacial score (nSPS) is 11.9. The van der Waals surface area contributed by atoms with Gasteiger partial charge in [-0.05, 0) is 36.1 Å². The number of hydrogen-bond acceptors (Lipinski definition) is 2. The summed E-state index contributed by atoms with van der Waals surface area (Å²) in [6, 6.07) is 4.55. The van der Waals surface area contributed by atoms with Crippen LogP contribution >= 0.6 is 0 Å². The first-order chi connectivity index (χ1) is 9.55. The van der Waals surface area contributed by atoms with Crippen LogP contribution in [-0.4, -0.2) is 18.9 Å². The molecule has 1 aromatic carbocycles. The van der Waals surface area contributed by atoms with Crippen molar-refractivity contribution in [2.45, 2.75) is 33.6 Å². The highest BCUT2D eigenvalue weighted by Crippen LogP contribution is 2.23. The van der Waals surface area contributed by atoms with Crippen LogP contribution in [0, 0.1) is 5.41 Å². The number of rotatable bonds is 4. The molecule has 21 heavy (non-hydrogen) atoms. The van der Waals surface area contributed by atoms with Crippen LogP contribution in [0.4, 0.5) is 23.7 Å². The maximum Gasteiger partial charge on any atom is 0.573 e. The third-order valence-electron chi connectivity index (χ3n) is 2.51. The van der Waals surface area contributed by atoms with Crippen molar-refractivity contribution < 1.29 is 22.7 Å². The lowest BCUT2D eigenvalue weighted by atomic mass is 9.92. The van der Waals surface area contributed by atoms with Crippen molar-refractivity contribution >= 4 is 11.7 Å². The van der Waals surface area contributed by atoms with E-state index in [-0.39, 0.29) is 11.2 Å². The Morgan fingerprint density at radius 3 is 2.19 bits per heavy atom. The Bertz CT molecular complexity index is 465. The summed E-state index contributed by atoms with van der Waals surface area (Å²) < 4.78 is 39.7. The molecule has 0 bridgehead atoms. The van der Waals surface area contributed by atoms with Crippen LogP contribution < -0.4 is 15.4 Å². The molecule has 1 rings (SSSR count). The van der Waals surface area contributed by atoms with Crippen molar-refractivity contribution in [2.24, 2.45) is 5.41 Å². The molecule has 0 saturated carbocycles. The number of carbonyl (C=O) groups is 1. The first-order valence-electron chi connectivity index (χ1n) is 6.46. The molecule has 0 radical (unpaired) electrons. The molecular formula is C14H19F3N2O2. The molecule has 4 nitrogen and oxygen atoms in total. The Morgan fingerprint density at radius 2 is 1.71 bits per heavy atom. The van der Waals surface area contributed by atoms with Crippen LogP contribution in [0.5, 0.6) is 5.75 Å². The first kappa shape index (κ1) is 17.1. The summed E-state index contributed by atoms with van der Waals surface area (Å²) in [6.45, 7) is 6.70. The van der Waals surface area contributed by atoms with Crippen LogP contribution in [0.1, 0.15) is 27.2 Å². The van der Waals surface area contributed by atoms with Crippen molar-refractivity contribution in [3.63, 3.8) is 0 Å². The molecule has 0 aliphatic carbocycles. The van der Waals surface area contributed by atoms with Gasteiger partial charge in [-0.3, -0.25) is 0 Å². The summed E-state index contributed by atoms with van der Waals surface area (Å²) in [5.41, 5.74) is 0.502. The van der Waals surface area contributed by atoms with Gasteiger partial charge in [0.05, 0.1) is 0 Å². The van der Waals surface area contributed by atoms with Gasteiger partial charge in [-0.1, -0.05) is 20.8 Å². The fraction of sp³-hybridized carbons (Fsp3) is 0.500. The van der Waals surface area contributed by atoms with E-state index in [2.05, 4.69) is 36.1 Å². The zero-order valence-corrected chi connectivity index (χ0v) is 12.2. The molecule has 0 aliphatic rings. The summed E-state index contributed by atoms with van der Waals surface area (Å²) in [7, 11) is 0. The van der Waals surface area contributed by atoms with Gasteiger partial charge in [0.25, 0.3) is 0 Å². The number of alkyl halides is 3. The van der Waals surface area contributed by atoms with Crippen LogP contribution in [0.15, 0.2) is 24.3 Å². The van der Waals surface area contributed by atoms with E-state index in [1.807, 2.05) is 0 Å². The van der Waals surface area contributed by atoms with Gasteiger partial charge in [0.1, 0.15) is 5.75 Å². The van der Waals surface area contributed by atoms with E-state index in [0.717, 1.165) is 18.6 Å². The minimum Gasteiger partial charge on any atom is -0.406 e. The lowest BCUT2D eigenvalue weighted by Gasteiger charge is -2.18. The molecule has 0 aliphatic heterocycles. The van der Waals surface area contributed by atoms with Gasteiger partial charge in [0.2, 0.25) is 0 Å². The predicted octanol–water partition coefficient (Wildman–Crippen LogP) is 4.14. The Balaban J connectivity index is 2.43. The molecule has 2 N–H and O–H groups in total. The van der Waals surface area contributed by atoms with Gasteiger partial charge in [-0.25, -0.2) is 4.79 Å². The number of ether oxygens (including phenoxy) is 1. The van der Waals surface area contributed by atoms with Crippen molar-refractivity contribution in [1.82, 2.24) is 5.32 Å². The average molecular weight is 304 g/mol. The largest absolute Gasteiger partial charge is 0.573 e. The van der Waals surface area contributed by atoms with E-state index in [4.69, 9.17) is 0 Å².